The highest BCUT2D eigenvalue weighted by Gasteiger charge is 2.22. The summed E-state index contributed by atoms with van der Waals surface area (Å²) < 4.78 is 13.3. The Morgan fingerprint density at radius 3 is 2.55 bits per heavy atom. The lowest BCUT2D eigenvalue weighted by Crippen LogP contribution is -2.13. The average Bonchev–Trinajstić information content (AvgIpc) is 2.55. The van der Waals surface area contributed by atoms with Crippen LogP contribution in [0.15, 0.2) is 24.3 Å². The maximum absolute atomic E-state index is 13.3. The summed E-state index contributed by atoms with van der Waals surface area (Å²) in [5.74, 6) is -0.231. The van der Waals surface area contributed by atoms with Crippen molar-refractivity contribution >= 4 is 0 Å². The van der Waals surface area contributed by atoms with Gasteiger partial charge in [-0.3, -0.25) is 4.98 Å². The molecule has 0 atom stereocenters. The Labute approximate surface area is 131 Å². The predicted molar refractivity (Wildman–Crippen MR) is 86.2 cm³/mol. The minimum Gasteiger partial charge on any atom is -0.392 e. The molecule has 1 aromatic carbocycles. The molecule has 0 amide bonds. The number of pyridine rings is 1. The molecule has 2 nitrogen and oxygen atoms in total. The number of hydrogen-bond donors (Lipinski definition) is 1. The Balaban J connectivity index is 2.24. The van der Waals surface area contributed by atoms with Gasteiger partial charge < -0.3 is 5.11 Å². The van der Waals surface area contributed by atoms with Crippen molar-refractivity contribution in [3.63, 3.8) is 0 Å². The number of rotatable bonds is 4. The van der Waals surface area contributed by atoms with Crippen LogP contribution in [0.25, 0.3) is 11.1 Å². The molecule has 0 unspecified atom stereocenters. The van der Waals surface area contributed by atoms with Gasteiger partial charge in [0, 0.05) is 17.0 Å². The third kappa shape index (κ3) is 2.78. The van der Waals surface area contributed by atoms with Gasteiger partial charge in [-0.05, 0) is 60.9 Å². The third-order valence-corrected chi connectivity index (χ3v) is 4.44. The SMILES string of the molecule is CCCc1nc2c(c(-c3ccc(F)cc3)c1CO)CCCC2. The summed E-state index contributed by atoms with van der Waals surface area (Å²) in [6.45, 7) is 2.11. The molecule has 0 saturated heterocycles. The van der Waals surface area contributed by atoms with E-state index in [-0.39, 0.29) is 12.4 Å². The van der Waals surface area contributed by atoms with E-state index in [1.165, 1.54) is 29.8 Å². The topological polar surface area (TPSA) is 33.1 Å². The Morgan fingerprint density at radius 1 is 1.14 bits per heavy atom. The Bertz CT molecular complexity index is 664. The van der Waals surface area contributed by atoms with Gasteiger partial charge in [0.15, 0.2) is 0 Å². The quantitative estimate of drug-likeness (QED) is 0.917. The number of fused-ring (bicyclic) bond motifs is 1. The zero-order valence-electron chi connectivity index (χ0n) is 13.0. The van der Waals surface area contributed by atoms with E-state index < -0.39 is 0 Å². The molecule has 116 valence electrons. The molecule has 0 radical (unpaired) electrons. The van der Waals surface area contributed by atoms with Gasteiger partial charge in [0.25, 0.3) is 0 Å². The number of hydrogen-bond acceptors (Lipinski definition) is 2. The van der Waals surface area contributed by atoms with E-state index in [0.717, 1.165) is 54.5 Å². The zero-order valence-corrected chi connectivity index (χ0v) is 13.0. The molecule has 0 saturated carbocycles. The van der Waals surface area contributed by atoms with Gasteiger partial charge in [0.2, 0.25) is 0 Å². The van der Waals surface area contributed by atoms with Crippen molar-refractivity contribution in [2.75, 3.05) is 0 Å². The number of aromatic nitrogens is 1. The molecule has 0 aliphatic heterocycles. The molecule has 22 heavy (non-hydrogen) atoms. The molecule has 1 aliphatic rings. The van der Waals surface area contributed by atoms with Crippen molar-refractivity contribution in [3.05, 3.63) is 52.6 Å². The fourth-order valence-corrected chi connectivity index (χ4v) is 3.42. The lowest BCUT2D eigenvalue weighted by atomic mass is 9.85. The van der Waals surface area contributed by atoms with Crippen LogP contribution >= 0.6 is 0 Å². The zero-order chi connectivity index (χ0) is 15.5. The third-order valence-electron chi connectivity index (χ3n) is 4.44. The minimum atomic E-state index is -0.231. The Kier molecular flexibility index (Phi) is 4.53. The second-order valence-electron chi connectivity index (χ2n) is 5.96. The number of halogens is 1. The van der Waals surface area contributed by atoms with Crippen LogP contribution in [0.1, 0.15) is 48.7 Å². The van der Waals surface area contributed by atoms with E-state index in [1.54, 1.807) is 0 Å². The molecular formula is C19H22FNO. The highest BCUT2D eigenvalue weighted by atomic mass is 19.1. The van der Waals surface area contributed by atoms with Crippen LogP contribution in [0.3, 0.4) is 0 Å². The highest BCUT2D eigenvalue weighted by molar-refractivity contribution is 5.73. The standard InChI is InChI=1S/C19H22FNO/c1-2-5-17-16(12-22)19(13-8-10-14(20)11-9-13)15-6-3-4-7-18(15)21-17/h8-11,22H,2-7,12H2,1H3. The molecule has 0 bridgehead atoms. The summed E-state index contributed by atoms with van der Waals surface area (Å²) in [7, 11) is 0. The van der Waals surface area contributed by atoms with Crippen LogP contribution in [-0.4, -0.2) is 10.1 Å². The summed E-state index contributed by atoms with van der Waals surface area (Å²) in [4.78, 5) is 4.84. The van der Waals surface area contributed by atoms with Gasteiger partial charge in [-0.15, -0.1) is 0 Å². The van der Waals surface area contributed by atoms with E-state index in [2.05, 4.69) is 6.92 Å². The molecule has 3 rings (SSSR count). The lowest BCUT2D eigenvalue weighted by molar-refractivity contribution is 0.280. The van der Waals surface area contributed by atoms with E-state index in [4.69, 9.17) is 4.98 Å². The Morgan fingerprint density at radius 2 is 1.86 bits per heavy atom. The summed E-state index contributed by atoms with van der Waals surface area (Å²) in [6.07, 6.45) is 6.20. The van der Waals surface area contributed by atoms with Gasteiger partial charge >= 0.3 is 0 Å². The van der Waals surface area contributed by atoms with Crippen LogP contribution < -0.4 is 0 Å². The molecule has 1 aliphatic carbocycles. The summed E-state index contributed by atoms with van der Waals surface area (Å²) in [6, 6.07) is 6.61. The van der Waals surface area contributed by atoms with Crippen LogP contribution in [-0.2, 0) is 25.9 Å². The summed E-state index contributed by atoms with van der Waals surface area (Å²) in [5, 5.41) is 9.93. The number of benzene rings is 1. The molecule has 3 heteroatoms. The monoisotopic (exact) mass is 299 g/mol. The first kappa shape index (κ1) is 15.2. The second-order valence-corrected chi connectivity index (χ2v) is 5.96. The second kappa shape index (κ2) is 6.57. The van der Waals surface area contributed by atoms with Crippen molar-refractivity contribution in [3.8, 4) is 11.1 Å². The van der Waals surface area contributed by atoms with Crippen molar-refractivity contribution in [1.29, 1.82) is 0 Å². The van der Waals surface area contributed by atoms with E-state index in [0.29, 0.717) is 0 Å². The van der Waals surface area contributed by atoms with Gasteiger partial charge in [-0.2, -0.15) is 0 Å². The van der Waals surface area contributed by atoms with Crippen molar-refractivity contribution in [1.82, 2.24) is 4.98 Å². The number of aryl methyl sites for hydroxylation is 2. The smallest absolute Gasteiger partial charge is 0.123 e. The summed E-state index contributed by atoms with van der Waals surface area (Å²) >= 11 is 0. The Hall–Kier alpha value is -1.74. The van der Waals surface area contributed by atoms with E-state index in [1.807, 2.05) is 12.1 Å². The normalized spacial score (nSPS) is 14.0. The van der Waals surface area contributed by atoms with E-state index >= 15 is 0 Å². The predicted octanol–water partition coefficient (Wildman–Crippen LogP) is 4.21. The number of aliphatic hydroxyl groups excluding tert-OH is 1. The average molecular weight is 299 g/mol. The first-order valence-electron chi connectivity index (χ1n) is 8.15. The lowest BCUT2D eigenvalue weighted by Gasteiger charge is -2.24. The van der Waals surface area contributed by atoms with Crippen molar-refractivity contribution in [2.45, 2.75) is 52.1 Å². The fourth-order valence-electron chi connectivity index (χ4n) is 3.42. The van der Waals surface area contributed by atoms with Gasteiger partial charge in [-0.25, -0.2) is 4.39 Å². The maximum Gasteiger partial charge on any atom is 0.123 e. The fraction of sp³-hybridized carbons (Fsp3) is 0.421. The molecule has 0 fully saturated rings. The maximum atomic E-state index is 13.3. The molecule has 1 heterocycles. The number of aliphatic hydroxyl groups is 1. The first-order chi connectivity index (χ1) is 10.7. The highest BCUT2D eigenvalue weighted by Crippen LogP contribution is 2.35. The minimum absolute atomic E-state index is 0.0116. The molecule has 1 N–H and O–H groups in total. The van der Waals surface area contributed by atoms with Gasteiger partial charge in [-0.1, -0.05) is 25.5 Å². The largest absolute Gasteiger partial charge is 0.392 e. The van der Waals surface area contributed by atoms with Crippen LogP contribution in [0.5, 0.6) is 0 Å². The summed E-state index contributed by atoms with van der Waals surface area (Å²) in [5.41, 5.74) is 6.44. The molecule has 0 spiro atoms. The van der Waals surface area contributed by atoms with Crippen molar-refractivity contribution < 1.29 is 9.50 Å². The van der Waals surface area contributed by atoms with Crippen LogP contribution in [0, 0.1) is 5.82 Å². The van der Waals surface area contributed by atoms with Crippen molar-refractivity contribution in [2.24, 2.45) is 0 Å². The van der Waals surface area contributed by atoms with Crippen LogP contribution in [0.4, 0.5) is 4.39 Å². The first-order valence-corrected chi connectivity index (χ1v) is 8.15. The molecular weight excluding hydrogens is 277 g/mol. The number of nitrogens with zero attached hydrogens (tertiary/aromatic N) is 1. The van der Waals surface area contributed by atoms with E-state index in [9.17, 15) is 9.50 Å². The van der Waals surface area contributed by atoms with Gasteiger partial charge in [0.1, 0.15) is 5.82 Å². The van der Waals surface area contributed by atoms with Crippen LogP contribution in [0.2, 0.25) is 0 Å². The molecule has 2 aromatic rings. The van der Waals surface area contributed by atoms with Gasteiger partial charge in [0.05, 0.1) is 6.61 Å². The molecule has 1 aromatic heterocycles.